The molecule has 0 spiro atoms. The van der Waals surface area contributed by atoms with Crippen molar-refractivity contribution in [2.45, 2.75) is 39.2 Å². The van der Waals surface area contributed by atoms with Gasteiger partial charge < -0.3 is 15.0 Å². The summed E-state index contributed by atoms with van der Waals surface area (Å²) in [6, 6.07) is 0.397. The molecule has 16 heavy (non-hydrogen) atoms. The van der Waals surface area contributed by atoms with Crippen molar-refractivity contribution < 1.29 is 9.53 Å². The van der Waals surface area contributed by atoms with Crippen molar-refractivity contribution in [1.29, 1.82) is 0 Å². The van der Waals surface area contributed by atoms with Gasteiger partial charge in [-0.2, -0.15) is 0 Å². The molecule has 1 atom stereocenters. The van der Waals surface area contributed by atoms with Gasteiger partial charge in [-0.05, 0) is 26.3 Å². The Bertz CT molecular complexity index is 203. The lowest BCUT2D eigenvalue weighted by Gasteiger charge is -2.28. The van der Waals surface area contributed by atoms with Gasteiger partial charge in [0.2, 0.25) is 5.91 Å². The zero-order valence-electron chi connectivity index (χ0n) is 10.5. The smallest absolute Gasteiger partial charge is 0.225 e. The maximum absolute atomic E-state index is 12.0. The minimum atomic E-state index is 0.240. The number of nitrogens with one attached hydrogen (secondary N) is 1. The molecule has 1 rings (SSSR count). The van der Waals surface area contributed by atoms with E-state index in [0.717, 1.165) is 32.5 Å². The molecule has 1 N–H and O–H groups in total. The second kappa shape index (κ2) is 7.63. The van der Waals surface area contributed by atoms with Gasteiger partial charge in [0, 0.05) is 25.7 Å². The molecule has 0 aromatic carbocycles. The molecule has 0 saturated carbocycles. The van der Waals surface area contributed by atoms with E-state index >= 15 is 0 Å². The van der Waals surface area contributed by atoms with Gasteiger partial charge in [0.05, 0.1) is 13.0 Å². The molecule has 1 aliphatic rings. The zero-order chi connectivity index (χ0) is 11.8. The lowest BCUT2D eigenvalue weighted by atomic mass is 10.2. The first-order valence-electron chi connectivity index (χ1n) is 6.37. The van der Waals surface area contributed by atoms with Gasteiger partial charge >= 0.3 is 0 Å². The van der Waals surface area contributed by atoms with Crippen molar-refractivity contribution in [3.63, 3.8) is 0 Å². The van der Waals surface area contributed by atoms with Crippen LogP contribution >= 0.6 is 0 Å². The van der Waals surface area contributed by atoms with Crippen LogP contribution in [0, 0.1) is 0 Å². The van der Waals surface area contributed by atoms with Crippen LogP contribution in [0.15, 0.2) is 0 Å². The molecule has 1 saturated heterocycles. The monoisotopic (exact) mass is 228 g/mol. The van der Waals surface area contributed by atoms with E-state index in [1.165, 1.54) is 0 Å². The Morgan fingerprint density at radius 3 is 2.88 bits per heavy atom. The topological polar surface area (TPSA) is 41.6 Å². The number of carbonyl (C=O) groups is 1. The third-order valence-corrected chi connectivity index (χ3v) is 2.92. The third kappa shape index (κ3) is 4.10. The largest absolute Gasteiger partial charge is 0.381 e. The maximum atomic E-state index is 12.0. The van der Waals surface area contributed by atoms with E-state index in [0.29, 0.717) is 25.7 Å². The number of hydrogen-bond acceptors (Lipinski definition) is 3. The Labute approximate surface area is 98.3 Å². The Morgan fingerprint density at radius 2 is 2.31 bits per heavy atom. The lowest BCUT2D eigenvalue weighted by molar-refractivity contribution is -0.134. The van der Waals surface area contributed by atoms with Gasteiger partial charge in [-0.3, -0.25) is 4.79 Å². The molecule has 0 aliphatic carbocycles. The molecule has 0 bridgehead atoms. The van der Waals surface area contributed by atoms with Gasteiger partial charge in [0.15, 0.2) is 0 Å². The first kappa shape index (κ1) is 13.5. The second-order valence-electron chi connectivity index (χ2n) is 4.18. The fourth-order valence-corrected chi connectivity index (χ4v) is 2.10. The van der Waals surface area contributed by atoms with E-state index in [2.05, 4.69) is 12.2 Å². The SMILES string of the molecule is CCCN(C(=O)CCOCC)C1CCNC1. The molecule has 1 unspecified atom stereocenters. The zero-order valence-corrected chi connectivity index (χ0v) is 10.5. The predicted molar refractivity (Wildman–Crippen MR) is 64.4 cm³/mol. The van der Waals surface area contributed by atoms with E-state index in [1.54, 1.807) is 0 Å². The van der Waals surface area contributed by atoms with Gasteiger partial charge in [0.1, 0.15) is 0 Å². The fourth-order valence-electron chi connectivity index (χ4n) is 2.10. The number of ether oxygens (including phenoxy) is 1. The molecule has 1 aliphatic heterocycles. The van der Waals surface area contributed by atoms with E-state index in [1.807, 2.05) is 11.8 Å². The number of nitrogens with zero attached hydrogens (tertiary/aromatic N) is 1. The normalized spacial score (nSPS) is 20.0. The molecule has 0 aromatic rings. The average Bonchev–Trinajstić information content (AvgIpc) is 2.79. The lowest BCUT2D eigenvalue weighted by Crippen LogP contribution is -2.42. The Balaban J connectivity index is 2.38. The van der Waals surface area contributed by atoms with Crippen LogP contribution in [0.4, 0.5) is 0 Å². The van der Waals surface area contributed by atoms with Crippen molar-refractivity contribution in [3.05, 3.63) is 0 Å². The van der Waals surface area contributed by atoms with E-state index < -0.39 is 0 Å². The summed E-state index contributed by atoms with van der Waals surface area (Å²) in [5, 5.41) is 3.31. The van der Waals surface area contributed by atoms with Crippen LogP contribution in [-0.2, 0) is 9.53 Å². The molecule has 0 aromatic heterocycles. The fraction of sp³-hybridized carbons (Fsp3) is 0.917. The molecule has 1 amide bonds. The van der Waals surface area contributed by atoms with Crippen molar-refractivity contribution in [2.75, 3.05) is 32.8 Å². The first-order chi connectivity index (χ1) is 7.79. The maximum Gasteiger partial charge on any atom is 0.225 e. The van der Waals surface area contributed by atoms with E-state index in [4.69, 9.17) is 4.74 Å². The second-order valence-corrected chi connectivity index (χ2v) is 4.18. The molecule has 0 radical (unpaired) electrons. The van der Waals surface area contributed by atoms with Crippen molar-refractivity contribution in [3.8, 4) is 0 Å². The number of amides is 1. The quantitative estimate of drug-likeness (QED) is 0.661. The molecule has 1 fully saturated rings. The number of carbonyl (C=O) groups excluding carboxylic acids is 1. The van der Waals surface area contributed by atoms with Crippen LogP contribution in [0.2, 0.25) is 0 Å². The van der Waals surface area contributed by atoms with Gasteiger partial charge in [-0.1, -0.05) is 6.92 Å². The van der Waals surface area contributed by atoms with Crippen molar-refractivity contribution >= 4 is 5.91 Å². The van der Waals surface area contributed by atoms with Crippen LogP contribution in [0.25, 0.3) is 0 Å². The van der Waals surface area contributed by atoms with E-state index in [9.17, 15) is 4.79 Å². The Morgan fingerprint density at radius 1 is 1.50 bits per heavy atom. The summed E-state index contributed by atoms with van der Waals surface area (Å²) in [6.07, 6.45) is 2.63. The summed E-state index contributed by atoms with van der Waals surface area (Å²) < 4.78 is 5.23. The van der Waals surface area contributed by atoms with Gasteiger partial charge in [0.25, 0.3) is 0 Å². The van der Waals surface area contributed by atoms with Crippen LogP contribution in [-0.4, -0.2) is 49.7 Å². The molecule has 4 heteroatoms. The minimum Gasteiger partial charge on any atom is -0.381 e. The number of rotatable bonds is 7. The summed E-state index contributed by atoms with van der Waals surface area (Å²) in [5.74, 6) is 0.240. The van der Waals surface area contributed by atoms with Crippen LogP contribution in [0.1, 0.15) is 33.1 Å². The molecular formula is C12H24N2O2. The molecule has 4 nitrogen and oxygen atoms in total. The average molecular weight is 228 g/mol. The first-order valence-corrected chi connectivity index (χ1v) is 6.37. The summed E-state index contributed by atoms with van der Waals surface area (Å²) in [7, 11) is 0. The Kier molecular flexibility index (Phi) is 6.42. The standard InChI is InChI=1S/C12H24N2O2/c1-3-8-14(11-5-7-13-10-11)12(15)6-9-16-4-2/h11,13H,3-10H2,1-2H3. The van der Waals surface area contributed by atoms with Crippen LogP contribution < -0.4 is 5.32 Å². The number of hydrogen-bond donors (Lipinski definition) is 1. The minimum absolute atomic E-state index is 0.240. The third-order valence-electron chi connectivity index (χ3n) is 2.92. The summed E-state index contributed by atoms with van der Waals surface area (Å²) in [4.78, 5) is 14.0. The highest BCUT2D eigenvalue weighted by molar-refractivity contribution is 5.76. The van der Waals surface area contributed by atoms with Crippen molar-refractivity contribution in [1.82, 2.24) is 10.2 Å². The highest BCUT2D eigenvalue weighted by Gasteiger charge is 2.25. The van der Waals surface area contributed by atoms with Crippen LogP contribution in [0.3, 0.4) is 0 Å². The van der Waals surface area contributed by atoms with E-state index in [-0.39, 0.29) is 5.91 Å². The Hall–Kier alpha value is -0.610. The summed E-state index contributed by atoms with van der Waals surface area (Å²) in [6.45, 7) is 8.16. The molecule has 94 valence electrons. The summed E-state index contributed by atoms with van der Waals surface area (Å²) >= 11 is 0. The van der Waals surface area contributed by atoms with Crippen LogP contribution in [0.5, 0.6) is 0 Å². The van der Waals surface area contributed by atoms with Crippen molar-refractivity contribution in [2.24, 2.45) is 0 Å². The van der Waals surface area contributed by atoms with Gasteiger partial charge in [-0.25, -0.2) is 0 Å². The summed E-state index contributed by atoms with van der Waals surface area (Å²) in [5.41, 5.74) is 0. The predicted octanol–water partition coefficient (Wildman–Crippen LogP) is 1.01. The highest BCUT2D eigenvalue weighted by atomic mass is 16.5. The highest BCUT2D eigenvalue weighted by Crippen LogP contribution is 2.11. The molecular weight excluding hydrogens is 204 g/mol. The van der Waals surface area contributed by atoms with Gasteiger partial charge in [-0.15, -0.1) is 0 Å². The molecule has 1 heterocycles.